The van der Waals surface area contributed by atoms with E-state index in [0.29, 0.717) is 4.90 Å². The van der Waals surface area contributed by atoms with Crippen LogP contribution in [-0.2, 0) is 16.3 Å². The summed E-state index contributed by atoms with van der Waals surface area (Å²) < 4.78 is 23.3. The van der Waals surface area contributed by atoms with E-state index in [0.717, 1.165) is 29.3 Å². The number of phenolic OH excluding ortho intramolecular Hbond substituents is 1. The highest BCUT2D eigenvalue weighted by molar-refractivity contribution is 7.99. The Morgan fingerprint density at radius 2 is 1.71 bits per heavy atom. The van der Waals surface area contributed by atoms with E-state index in [9.17, 15) is 13.5 Å². The first-order valence-electron chi connectivity index (χ1n) is 9.88. The van der Waals surface area contributed by atoms with Crippen molar-refractivity contribution in [2.75, 3.05) is 26.4 Å². The van der Waals surface area contributed by atoms with Gasteiger partial charge in [0, 0.05) is 30.2 Å². The molecule has 1 unspecified atom stereocenters. The van der Waals surface area contributed by atoms with Gasteiger partial charge in [-0.1, -0.05) is 42.1 Å². The highest BCUT2D eigenvalue weighted by atomic mass is 35.5. The van der Waals surface area contributed by atoms with Crippen molar-refractivity contribution in [3.8, 4) is 5.75 Å². The lowest BCUT2D eigenvalue weighted by Crippen LogP contribution is -2.24. The lowest BCUT2D eigenvalue weighted by Gasteiger charge is -2.22. The van der Waals surface area contributed by atoms with Gasteiger partial charge in [-0.25, -0.2) is 8.42 Å². The minimum atomic E-state index is -3.22. The lowest BCUT2D eigenvalue weighted by molar-refractivity contribution is 0.338. The number of hydrogen-bond donors (Lipinski definition) is 1. The van der Waals surface area contributed by atoms with Gasteiger partial charge in [0.1, 0.15) is 5.75 Å². The molecule has 4 rings (SSSR count). The number of aromatic hydroxyl groups is 1. The molecule has 0 bridgehead atoms. The molecule has 0 saturated heterocycles. The molecule has 1 heterocycles. The number of benzene rings is 3. The van der Waals surface area contributed by atoms with E-state index >= 15 is 0 Å². The maximum atomic E-state index is 11.7. The molecule has 1 atom stereocenters. The van der Waals surface area contributed by atoms with Gasteiger partial charge in [-0.2, -0.15) is 0 Å². The van der Waals surface area contributed by atoms with Crippen LogP contribution < -0.4 is 0 Å². The van der Waals surface area contributed by atoms with Crippen LogP contribution in [0.3, 0.4) is 0 Å². The van der Waals surface area contributed by atoms with Crippen LogP contribution >= 0.6 is 24.2 Å². The highest BCUT2D eigenvalue weighted by Gasteiger charge is 2.24. The first kappa shape index (κ1) is 23.7. The van der Waals surface area contributed by atoms with Gasteiger partial charge in [-0.15, -0.1) is 12.4 Å². The minimum Gasteiger partial charge on any atom is -0.507 e. The molecule has 0 aromatic heterocycles. The second kappa shape index (κ2) is 9.65. The van der Waals surface area contributed by atoms with E-state index in [4.69, 9.17) is 0 Å². The maximum absolute atomic E-state index is 11.7. The van der Waals surface area contributed by atoms with Crippen LogP contribution in [0.15, 0.2) is 81.4 Å². The Balaban J connectivity index is 0.00000272. The zero-order valence-electron chi connectivity index (χ0n) is 17.5. The van der Waals surface area contributed by atoms with Crippen LogP contribution in [0.5, 0.6) is 5.75 Å². The van der Waals surface area contributed by atoms with Gasteiger partial charge in [0.25, 0.3) is 0 Å². The third-order valence-corrected chi connectivity index (χ3v) is 7.72. The molecule has 0 spiro atoms. The summed E-state index contributed by atoms with van der Waals surface area (Å²) in [6.07, 6.45) is 2.13. The lowest BCUT2D eigenvalue weighted by atomic mass is 9.88. The van der Waals surface area contributed by atoms with Crippen LogP contribution in [0.4, 0.5) is 0 Å². The minimum absolute atomic E-state index is 0. The number of fused-ring (bicyclic) bond motifs is 1. The Morgan fingerprint density at radius 3 is 2.35 bits per heavy atom. The van der Waals surface area contributed by atoms with Gasteiger partial charge in [0.2, 0.25) is 0 Å². The Bertz CT molecular complexity index is 1150. The molecule has 31 heavy (non-hydrogen) atoms. The molecule has 0 saturated carbocycles. The van der Waals surface area contributed by atoms with Crippen LogP contribution in [0.25, 0.3) is 0 Å². The SMILES string of the molecule is CN1CCc2cc(Sc3ccc(S(C)(=O)=O)cc3)c(O)cc2C(c2ccccc2)C1.Cl. The summed E-state index contributed by atoms with van der Waals surface area (Å²) in [7, 11) is -1.08. The Hall–Kier alpha value is -1.99. The zero-order valence-corrected chi connectivity index (χ0v) is 19.9. The number of phenols is 1. The fourth-order valence-electron chi connectivity index (χ4n) is 3.91. The molecular weight excluding hydrogens is 450 g/mol. The summed E-state index contributed by atoms with van der Waals surface area (Å²) in [6, 6.07) is 21.2. The van der Waals surface area contributed by atoms with Gasteiger partial charge >= 0.3 is 0 Å². The highest BCUT2D eigenvalue weighted by Crippen LogP contribution is 2.40. The number of nitrogens with zero attached hydrogens (tertiary/aromatic N) is 1. The van der Waals surface area contributed by atoms with Crippen molar-refractivity contribution in [2.24, 2.45) is 0 Å². The van der Waals surface area contributed by atoms with Gasteiger partial charge in [-0.3, -0.25) is 0 Å². The average molecular weight is 476 g/mol. The predicted molar refractivity (Wildman–Crippen MR) is 129 cm³/mol. The molecule has 4 nitrogen and oxygen atoms in total. The van der Waals surface area contributed by atoms with Crippen LogP contribution in [0, 0.1) is 0 Å². The number of hydrogen-bond acceptors (Lipinski definition) is 5. The van der Waals surface area contributed by atoms with E-state index in [2.05, 4.69) is 42.3 Å². The third kappa shape index (κ3) is 5.44. The average Bonchev–Trinajstić information content (AvgIpc) is 2.88. The van der Waals surface area contributed by atoms with Crippen LogP contribution in [0.2, 0.25) is 0 Å². The molecule has 0 amide bonds. The van der Waals surface area contributed by atoms with Crippen molar-refractivity contribution in [3.05, 3.63) is 83.4 Å². The third-order valence-electron chi connectivity index (χ3n) is 5.53. The van der Waals surface area contributed by atoms with Crippen molar-refractivity contribution in [3.63, 3.8) is 0 Å². The molecule has 1 aliphatic rings. The Morgan fingerprint density at radius 1 is 1.03 bits per heavy atom. The number of likely N-dealkylation sites (N-methyl/N-ethyl adjacent to an activating group) is 1. The summed E-state index contributed by atoms with van der Waals surface area (Å²) in [4.78, 5) is 4.32. The van der Waals surface area contributed by atoms with Gasteiger partial charge < -0.3 is 10.0 Å². The van der Waals surface area contributed by atoms with Crippen molar-refractivity contribution in [2.45, 2.75) is 27.0 Å². The Labute approximate surface area is 194 Å². The standard InChI is InChI=1S/C24H25NO3S2.ClH/c1-25-13-12-18-14-24(29-19-8-10-20(11-9-19)30(2,27)28)23(26)15-21(18)22(16-25)17-6-4-3-5-7-17;/h3-11,14-15,22,26H,12-13,16H2,1-2H3;1H. The quantitative estimate of drug-likeness (QED) is 0.576. The summed E-state index contributed by atoms with van der Waals surface area (Å²) in [6.45, 7) is 1.88. The van der Waals surface area contributed by atoms with Crippen molar-refractivity contribution < 1.29 is 13.5 Å². The van der Waals surface area contributed by atoms with Crippen molar-refractivity contribution >= 4 is 34.0 Å². The molecule has 3 aromatic carbocycles. The molecule has 0 radical (unpaired) electrons. The molecule has 164 valence electrons. The largest absolute Gasteiger partial charge is 0.507 e. The first-order valence-corrected chi connectivity index (χ1v) is 12.6. The number of sulfone groups is 1. The number of rotatable bonds is 4. The molecule has 1 aliphatic heterocycles. The van der Waals surface area contributed by atoms with Gasteiger partial charge in [0.15, 0.2) is 9.84 Å². The molecule has 3 aromatic rings. The van der Waals surface area contributed by atoms with E-state index in [1.165, 1.54) is 34.7 Å². The molecular formula is C24H26ClNO3S2. The van der Waals surface area contributed by atoms with Crippen molar-refractivity contribution in [1.29, 1.82) is 0 Å². The molecule has 1 N–H and O–H groups in total. The molecule has 0 fully saturated rings. The van der Waals surface area contributed by atoms with Crippen LogP contribution in [-0.4, -0.2) is 44.8 Å². The second-order valence-electron chi connectivity index (χ2n) is 7.84. The fourth-order valence-corrected chi connectivity index (χ4v) is 5.44. The van der Waals surface area contributed by atoms with E-state index in [-0.39, 0.29) is 24.1 Å². The van der Waals surface area contributed by atoms with Gasteiger partial charge in [0.05, 0.1) is 9.79 Å². The Kier molecular flexibility index (Phi) is 7.37. The molecule has 0 aliphatic carbocycles. The number of halogens is 1. The van der Waals surface area contributed by atoms with E-state index in [1.54, 1.807) is 24.3 Å². The monoisotopic (exact) mass is 475 g/mol. The van der Waals surface area contributed by atoms with E-state index in [1.807, 2.05) is 12.1 Å². The molecule has 7 heteroatoms. The summed E-state index contributed by atoms with van der Waals surface area (Å²) in [5.74, 6) is 0.476. The predicted octanol–water partition coefficient (Wildman–Crippen LogP) is 4.99. The first-order chi connectivity index (χ1) is 14.3. The fraction of sp³-hybridized carbons (Fsp3) is 0.250. The summed E-state index contributed by atoms with van der Waals surface area (Å²) in [5, 5.41) is 10.8. The topological polar surface area (TPSA) is 57.6 Å². The van der Waals surface area contributed by atoms with Crippen LogP contribution in [0.1, 0.15) is 22.6 Å². The zero-order chi connectivity index (χ0) is 21.3. The second-order valence-corrected chi connectivity index (χ2v) is 11.0. The summed E-state index contributed by atoms with van der Waals surface area (Å²) >= 11 is 1.45. The van der Waals surface area contributed by atoms with Gasteiger partial charge in [-0.05, 0) is 66.6 Å². The normalized spacial score (nSPS) is 16.8. The van der Waals surface area contributed by atoms with Crippen molar-refractivity contribution in [1.82, 2.24) is 4.90 Å². The summed E-state index contributed by atoms with van der Waals surface area (Å²) in [5.41, 5.74) is 3.68. The maximum Gasteiger partial charge on any atom is 0.175 e. The van der Waals surface area contributed by atoms with E-state index < -0.39 is 9.84 Å². The smallest absolute Gasteiger partial charge is 0.175 e.